The van der Waals surface area contributed by atoms with Crippen molar-refractivity contribution in [3.8, 4) is 46.5 Å². The van der Waals surface area contributed by atoms with E-state index in [1.807, 2.05) is 60.7 Å². The number of nitrogens with zero attached hydrogens (tertiary/aromatic N) is 12. The molecular formula is C105H100N12. The highest BCUT2D eigenvalue weighted by Crippen LogP contribution is 2.56. The molecule has 0 saturated heterocycles. The first-order valence-electron chi connectivity index (χ1n) is 40.4. The lowest BCUT2D eigenvalue weighted by molar-refractivity contribution is 0.736. The molecule has 17 rings (SSSR count). The van der Waals surface area contributed by atoms with Crippen molar-refractivity contribution in [2.45, 2.75) is 140 Å². The molecule has 13 aromatic rings. The molecule has 13 aromatic carbocycles. The molecule has 4 aliphatic heterocycles. The predicted molar refractivity (Wildman–Crippen MR) is 487 cm³/mol. The number of para-hydroxylation sites is 9. The monoisotopic (exact) mass is 1530 g/mol. The third-order valence-electron chi connectivity index (χ3n) is 23.0. The summed E-state index contributed by atoms with van der Waals surface area (Å²) in [6, 6.07) is 108. The van der Waals surface area contributed by atoms with E-state index in [0.717, 1.165) is 45.1 Å². The molecule has 4 heterocycles. The molecule has 0 N–H and O–H groups in total. The smallest absolute Gasteiger partial charge is 0.108 e. The van der Waals surface area contributed by atoms with E-state index in [2.05, 4.69) is 404 Å². The van der Waals surface area contributed by atoms with Crippen LogP contribution in [0.3, 0.4) is 0 Å². The van der Waals surface area contributed by atoms with E-state index in [1.54, 1.807) is 0 Å². The van der Waals surface area contributed by atoms with Crippen LogP contribution in [0.4, 0.5) is 79.6 Å². The Hall–Kier alpha value is -14.0. The van der Waals surface area contributed by atoms with Crippen molar-refractivity contribution >= 4 is 79.6 Å². The first-order chi connectivity index (χ1) is 56.6. The number of anilines is 14. The Balaban J connectivity index is 0.000000131. The van der Waals surface area contributed by atoms with Crippen LogP contribution in [0, 0.1) is 93.8 Å². The molecule has 0 aliphatic carbocycles. The number of aryl methyl sites for hydroxylation is 7. The molecule has 4 aliphatic rings. The lowest BCUT2D eigenvalue weighted by Gasteiger charge is -2.35. The number of benzene rings is 13. The minimum absolute atomic E-state index is 0.0105. The van der Waals surface area contributed by atoms with Gasteiger partial charge in [-0.15, -0.1) is 0 Å². The molecule has 0 unspecified atom stereocenters. The molecule has 0 aromatic heterocycles. The van der Waals surface area contributed by atoms with Gasteiger partial charge in [-0.3, -0.25) is 0 Å². The van der Waals surface area contributed by atoms with Crippen LogP contribution in [0.5, 0.6) is 0 Å². The maximum Gasteiger partial charge on any atom is 0.108 e. The molecule has 0 fully saturated rings. The lowest BCUT2D eigenvalue weighted by Crippen LogP contribution is -2.36. The van der Waals surface area contributed by atoms with E-state index in [9.17, 15) is 15.8 Å². The third-order valence-corrected chi connectivity index (χ3v) is 23.0. The molecule has 4 atom stereocenters. The zero-order valence-corrected chi connectivity index (χ0v) is 69.6. The highest BCUT2D eigenvalue weighted by Gasteiger charge is 2.41. The van der Waals surface area contributed by atoms with E-state index in [1.165, 1.54) is 107 Å². The van der Waals surface area contributed by atoms with Crippen molar-refractivity contribution in [1.29, 1.82) is 21.0 Å². The van der Waals surface area contributed by atoms with Crippen LogP contribution in [-0.4, -0.2) is 24.7 Å². The maximum atomic E-state index is 9.42. The third kappa shape index (κ3) is 15.6. The second-order valence-electron chi connectivity index (χ2n) is 31.4. The molecule has 117 heavy (non-hydrogen) atoms. The second-order valence-corrected chi connectivity index (χ2v) is 31.4. The van der Waals surface area contributed by atoms with Crippen LogP contribution < -0.4 is 39.2 Å². The van der Waals surface area contributed by atoms with Gasteiger partial charge in [0.15, 0.2) is 0 Å². The van der Waals surface area contributed by atoms with Crippen LogP contribution in [0.15, 0.2) is 298 Å². The number of hydrogen-bond donors (Lipinski definition) is 0. The Labute approximate surface area is 692 Å². The van der Waals surface area contributed by atoms with Crippen LogP contribution in [-0.2, 0) is 0 Å². The summed E-state index contributed by atoms with van der Waals surface area (Å²) >= 11 is 0. The van der Waals surface area contributed by atoms with Gasteiger partial charge in [0.05, 0.1) is 92.0 Å². The predicted octanol–water partition coefficient (Wildman–Crippen LogP) is 27.0. The van der Waals surface area contributed by atoms with Crippen molar-refractivity contribution in [1.82, 2.24) is 0 Å². The summed E-state index contributed by atoms with van der Waals surface area (Å²) in [5.41, 5.74) is 35.3. The number of hydrogen-bond acceptors (Lipinski definition) is 12. The fourth-order valence-corrected chi connectivity index (χ4v) is 17.4. The quantitative estimate of drug-likeness (QED) is 0.116. The van der Waals surface area contributed by atoms with Gasteiger partial charge in [-0.2, -0.15) is 21.0 Å². The molecule has 0 saturated carbocycles. The van der Waals surface area contributed by atoms with Gasteiger partial charge in [-0.05, 0) is 264 Å². The summed E-state index contributed by atoms with van der Waals surface area (Å²) < 4.78 is 0. The van der Waals surface area contributed by atoms with Gasteiger partial charge in [0, 0.05) is 57.7 Å². The Morgan fingerprint density at radius 3 is 1.01 bits per heavy atom. The molecule has 0 amide bonds. The molecule has 0 radical (unpaired) electrons. The van der Waals surface area contributed by atoms with Gasteiger partial charge in [-0.25, -0.2) is 0 Å². The first-order valence-corrected chi connectivity index (χ1v) is 40.4. The van der Waals surface area contributed by atoms with Crippen molar-refractivity contribution in [2.75, 3.05) is 39.2 Å². The van der Waals surface area contributed by atoms with Gasteiger partial charge >= 0.3 is 0 Å². The highest BCUT2D eigenvalue weighted by molar-refractivity contribution is 6.00. The fraction of sp³-hybridized carbons (Fsp3) is 0.200. The van der Waals surface area contributed by atoms with Crippen LogP contribution in [0.1, 0.15) is 140 Å². The molecule has 0 bridgehead atoms. The van der Waals surface area contributed by atoms with Gasteiger partial charge in [0.1, 0.15) is 24.7 Å². The van der Waals surface area contributed by atoms with E-state index in [0.29, 0.717) is 34.1 Å². The largest absolute Gasteiger partial charge is 0.326 e. The minimum Gasteiger partial charge on any atom is -0.326 e. The normalized spacial score (nSPS) is 15.4. The Morgan fingerprint density at radius 1 is 0.256 bits per heavy atom. The average molecular weight is 1530 g/mol. The van der Waals surface area contributed by atoms with Crippen molar-refractivity contribution < 1.29 is 0 Å². The summed E-state index contributed by atoms with van der Waals surface area (Å²) in [5.74, 6) is 0.859. The summed E-state index contributed by atoms with van der Waals surface area (Å²) in [4.78, 5) is 19.0. The van der Waals surface area contributed by atoms with Crippen LogP contribution in [0.2, 0.25) is 0 Å². The minimum atomic E-state index is 0.0105. The summed E-state index contributed by atoms with van der Waals surface area (Å²) in [5, 5.41) is 37.0. The standard InChI is InChI=1S/C34H27N3.C28H31N3.C24H23N3.C19H19N3/c1-24-22-26(23-35)20-21-31(24)36-25(2)37(33-19-10-9-18-32(33)36)34-29(27-12-5-3-6-13-27)16-11-17-30(34)28-14-7-4-8-15-28;1-18(2)23-10-9-11-24(19(3)4)28(23)31-21(6)30(26-12-7-8-13-27(26)31)25-15-14-22(17-29)16-20(25)5;1-16-8-7-9-17(2)24(16)27-19(4)26(22-10-5-6-11-23(22)27)21-13-12-20(15-25)14-18(21)3;1-14-7-8-15(2)19(11-14)22-10-9-21(16(22)3)18-6-4-5-17(12-18)13-20/h3-22,25H,1-2H3;7-16,18-19,21H,1-6H3;5-14,19H,1-4H3;4-12,16H,1-3H3/t25-;21-;19-;16-/m0001/s1. The number of rotatable bonds is 12. The fourth-order valence-electron chi connectivity index (χ4n) is 17.4. The molecular weight excluding hydrogens is 1430 g/mol. The molecule has 12 heteroatoms. The van der Waals surface area contributed by atoms with E-state index in [-0.39, 0.29) is 24.7 Å². The number of nitriles is 4. The maximum absolute atomic E-state index is 9.42. The Bertz CT molecular complexity index is 5950. The number of fused-ring (bicyclic) bond motifs is 3. The van der Waals surface area contributed by atoms with Crippen LogP contribution >= 0.6 is 0 Å². The van der Waals surface area contributed by atoms with Gasteiger partial charge in [0.25, 0.3) is 0 Å². The van der Waals surface area contributed by atoms with Gasteiger partial charge in [0.2, 0.25) is 0 Å². The Morgan fingerprint density at radius 2 is 0.607 bits per heavy atom. The molecule has 580 valence electrons. The zero-order chi connectivity index (χ0) is 82.5. The molecule has 12 nitrogen and oxygen atoms in total. The average Bonchev–Trinajstić information content (AvgIpc) is 1.60. The van der Waals surface area contributed by atoms with Crippen LogP contribution in [0.25, 0.3) is 22.3 Å². The summed E-state index contributed by atoms with van der Waals surface area (Å²) in [7, 11) is 0. The zero-order valence-electron chi connectivity index (χ0n) is 69.6. The van der Waals surface area contributed by atoms with Crippen molar-refractivity contribution in [2.24, 2.45) is 0 Å². The highest BCUT2D eigenvalue weighted by atomic mass is 15.4. The molecule has 0 spiro atoms. The van der Waals surface area contributed by atoms with Crippen molar-refractivity contribution in [3.63, 3.8) is 0 Å². The van der Waals surface area contributed by atoms with Gasteiger partial charge < -0.3 is 39.2 Å². The Kier molecular flexibility index (Phi) is 23.4. The first kappa shape index (κ1) is 79.6. The topological polar surface area (TPSA) is 121 Å². The van der Waals surface area contributed by atoms with Crippen molar-refractivity contribution in [3.05, 3.63) is 370 Å². The SMILES string of the molecule is Cc1cc(C#N)ccc1N1c2ccccc2N(c2c(-c3ccccc3)cccc2-c2ccccc2)[C@H]1C.Cc1cc(C#N)ccc1N1c2ccccc2N(c2c(C(C)C)cccc2C(C)C)[C@H]1C.Cc1cc(C#N)ccc1N1c2ccccc2N(c2c(C)cccc2C)[C@H]1C.Cc1ccc(C)c(N2C=CN(c3cccc(C#N)c3)[C@H]2C)c1. The second kappa shape index (κ2) is 34.3. The summed E-state index contributed by atoms with van der Waals surface area (Å²) in [6.07, 6.45) is 4.61. The summed E-state index contributed by atoms with van der Waals surface area (Å²) in [6.45, 7) is 32.9. The van der Waals surface area contributed by atoms with Gasteiger partial charge in [-0.1, -0.05) is 198 Å². The van der Waals surface area contributed by atoms with E-state index < -0.39 is 0 Å². The lowest BCUT2D eigenvalue weighted by atomic mass is 9.91. The van der Waals surface area contributed by atoms with E-state index >= 15 is 0 Å². The van der Waals surface area contributed by atoms with E-state index in [4.69, 9.17) is 5.26 Å².